The molecule has 2 aromatic rings. The summed E-state index contributed by atoms with van der Waals surface area (Å²) in [6, 6.07) is 8.47. The SMILES string of the molecule is CCc1cn(CC2CCCc3ccccc32)c(=O)[nH]c1=O. The Balaban J connectivity index is 1.95. The second-order valence-corrected chi connectivity index (χ2v) is 5.71. The third-order valence-corrected chi connectivity index (χ3v) is 4.38. The van der Waals surface area contributed by atoms with Crippen LogP contribution in [-0.2, 0) is 19.4 Å². The minimum Gasteiger partial charge on any atom is -0.300 e. The van der Waals surface area contributed by atoms with Crippen LogP contribution < -0.4 is 11.2 Å². The quantitative estimate of drug-likeness (QED) is 0.939. The van der Waals surface area contributed by atoms with E-state index in [9.17, 15) is 9.59 Å². The predicted molar refractivity (Wildman–Crippen MR) is 82.8 cm³/mol. The molecule has 0 saturated carbocycles. The first-order chi connectivity index (χ1) is 10.2. The molecule has 0 bridgehead atoms. The maximum absolute atomic E-state index is 12.0. The first kappa shape index (κ1) is 13.9. The van der Waals surface area contributed by atoms with E-state index < -0.39 is 0 Å². The average molecular weight is 284 g/mol. The molecule has 1 aliphatic carbocycles. The van der Waals surface area contributed by atoms with Gasteiger partial charge in [0.15, 0.2) is 0 Å². The number of benzene rings is 1. The zero-order valence-corrected chi connectivity index (χ0v) is 12.3. The van der Waals surface area contributed by atoms with Crippen molar-refractivity contribution in [3.63, 3.8) is 0 Å². The number of nitrogens with zero attached hydrogens (tertiary/aromatic N) is 1. The van der Waals surface area contributed by atoms with Crippen LogP contribution in [0.4, 0.5) is 0 Å². The minimum absolute atomic E-state index is 0.261. The van der Waals surface area contributed by atoms with Gasteiger partial charge in [-0.3, -0.25) is 14.3 Å². The van der Waals surface area contributed by atoms with Gasteiger partial charge in [0.25, 0.3) is 5.56 Å². The minimum atomic E-state index is -0.305. The Morgan fingerprint density at radius 2 is 2.10 bits per heavy atom. The predicted octanol–water partition coefficient (Wildman–Crippen LogP) is 2.22. The number of H-pyrrole nitrogens is 1. The van der Waals surface area contributed by atoms with E-state index >= 15 is 0 Å². The average Bonchev–Trinajstić information content (AvgIpc) is 2.50. The lowest BCUT2D eigenvalue weighted by molar-refractivity contribution is 0.469. The van der Waals surface area contributed by atoms with Gasteiger partial charge in [-0.15, -0.1) is 0 Å². The molecule has 1 aromatic heterocycles. The van der Waals surface area contributed by atoms with Crippen LogP contribution in [0.5, 0.6) is 0 Å². The van der Waals surface area contributed by atoms with Crippen molar-refractivity contribution in [1.29, 1.82) is 0 Å². The molecule has 1 atom stereocenters. The van der Waals surface area contributed by atoms with Gasteiger partial charge in [0.05, 0.1) is 0 Å². The Hall–Kier alpha value is -2.10. The van der Waals surface area contributed by atoms with E-state index in [2.05, 4.69) is 29.2 Å². The zero-order valence-electron chi connectivity index (χ0n) is 12.3. The highest BCUT2D eigenvalue weighted by Crippen LogP contribution is 2.32. The van der Waals surface area contributed by atoms with Crippen molar-refractivity contribution in [3.05, 3.63) is 68.0 Å². The van der Waals surface area contributed by atoms with E-state index in [-0.39, 0.29) is 11.2 Å². The van der Waals surface area contributed by atoms with Crippen molar-refractivity contribution >= 4 is 0 Å². The van der Waals surface area contributed by atoms with Crippen LogP contribution in [0.2, 0.25) is 0 Å². The summed E-state index contributed by atoms with van der Waals surface area (Å²) < 4.78 is 1.66. The summed E-state index contributed by atoms with van der Waals surface area (Å²) in [7, 11) is 0. The van der Waals surface area contributed by atoms with Gasteiger partial charge in [0.2, 0.25) is 0 Å². The largest absolute Gasteiger partial charge is 0.328 e. The maximum atomic E-state index is 12.0. The molecule has 0 spiro atoms. The fourth-order valence-corrected chi connectivity index (χ4v) is 3.22. The van der Waals surface area contributed by atoms with Crippen molar-refractivity contribution in [1.82, 2.24) is 9.55 Å². The zero-order chi connectivity index (χ0) is 14.8. The lowest BCUT2D eigenvalue weighted by atomic mass is 9.83. The van der Waals surface area contributed by atoms with E-state index in [1.54, 1.807) is 10.8 Å². The molecule has 3 rings (SSSR count). The number of fused-ring (bicyclic) bond motifs is 1. The van der Waals surface area contributed by atoms with E-state index in [0.717, 1.165) is 19.3 Å². The summed E-state index contributed by atoms with van der Waals surface area (Å²) >= 11 is 0. The van der Waals surface area contributed by atoms with Crippen molar-refractivity contribution in [3.8, 4) is 0 Å². The molecular formula is C17H20N2O2. The van der Waals surface area contributed by atoms with Gasteiger partial charge < -0.3 is 0 Å². The molecule has 0 fully saturated rings. The van der Waals surface area contributed by atoms with Crippen LogP contribution in [0.1, 0.15) is 42.4 Å². The lowest BCUT2D eigenvalue weighted by Crippen LogP contribution is -2.33. The smallest absolute Gasteiger partial charge is 0.300 e. The highest BCUT2D eigenvalue weighted by Gasteiger charge is 2.20. The van der Waals surface area contributed by atoms with E-state index in [4.69, 9.17) is 0 Å². The molecule has 1 aromatic carbocycles. The molecule has 1 unspecified atom stereocenters. The van der Waals surface area contributed by atoms with Crippen LogP contribution in [0.25, 0.3) is 0 Å². The summed E-state index contributed by atoms with van der Waals surface area (Å²) in [5, 5.41) is 0. The number of aromatic amines is 1. The first-order valence-electron chi connectivity index (χ1n) is 7.59. The van der Waals surface area contributed by atoms with Crippen molar-refractivity contribution in [2.75, 3.05) is 0 Å². The highest BCUT2D eigenvalue weighted by molar-refractivity contribution is 5.32. The van der Waals surface area contributed by atoms with E-state index in [1.807, 2.05) is 6.92 Å². The van der Waals surface area contributed by atoms with E-state index in [0.29, 0.717) is 24.4 Å². The van der Waals surface area contributed by atoms with Crippen LogP contribution in [0.3, 0.4) is 0 Å². The Morgan fingerprint density at radius 1 is 1.29 bits per heavy atom. The van der Waals surface area contributed by atoms with Crippen LogP contribution in [-0.4, -0.2) is 9.55 Å². The normalized spacial score (nSPS) is 17.5. The second-order valence-electron chi connectivity index (χ2n) is 5.71. The van der Waals surface area contributed by atoms with E-state index in [1.165, 1.54) is 11.1 Å². The molecule has 0 amide bonds. The molecule has 4 nitrogen and oxygen atoms in total. The molecule has 1 heterocycles. The van der Waals surface area contributed by atoms with Crippen LogP contribution in [0.15, 0.2) is 40.1 Å². The van der Waals surface area contributed by atoms with Gasteiger partial charge >= 0.3 is 5.69 Å². The molecule has 4 heteroatoms. The van der Waals surface area contributed by atoms with Gasteiger partial charge in [-0.25, -0.2) is 4.79 Å². The third-order valence-electron chi connectivity index (χ3n) is 4.38. The fraction of sp³-hybridized carbons (Fsp3) is 0.412. The van der Waals surface area contributed by atoms with Gasteiger partial charge in [-0.2, -0.15) is 0 Å². The number of hydrogen-bond acceptors (Lipinski definition) is 2. The van der Waals surface area contributed by atoms with Gasteiger partial charge in [0, 0.05) is 24.2 Å². The number of aryl methyl sites for hydroxylation is 2. The van der Waals surface area contributed by atoms with Crippen molar-refractivity contribution in [2.24, 2.45) is 0 Å². The lowest BCUT2D eigenvalue weighted by Gasteiger charge is -2.26. The molecule has 1 aliphatic rings. The second kappa shape index (κ2) is 5.72. The Labute approximate surface area is 123 Å². The third kappa shape index (κ3) is 2.71. The number of hydrogen-bond donors (Lipinski definition) is 1. The summed E-state index contributed by atoms with van der Waals surface area (Å²) in [5.74, 6) is 0.350. The Bertz CT molecular complexity index is 758. The molecular weight excluding hydrogens is 264 g/mol. The number of aromatic nitrogens is 2. The van der Waals surface area contributed by atoms with Gasteiger partial charge in [-0.05, 0) is 36.8 Å². The van der Waals surface area contributed by atoms with Crippen LogP contribution >= 0.6 is 0 Å². The van der Waals surface area contributed by atoms with Gasteiger partial charge in [-0.1, -0.05) is 31.2 Å². The number of nitrogens with one attached hydrogen (secondary N) is 1. The molecule has 0 radical (unpaired) electrons. The Morgan fingerprint density at radius 3 is 2.90 bits per heavy atom. The molecule has 1 N–H and O–H groups in total. The fourth-order valence-electron chi connectivity index (χ4n) is 3.22. The summed E-state index contributed by atoms with van der Waals surface area (Å²) in [5.41, 5.74) is 2.84. The topological polar surface area (TPSA) is 54.9 Å². The van der Waals surface area contributed by atoms with Crippen molar-refractivity contribution < 1.29 is 0 Å². The highest BCUT2D eigenvalue weighted by atomic mass is 16.2. The van der Waals surface area contributed by atoms with Crippen LogP contribution in [0, 0.1) is 0 Å². The molecule has 110 valence electrons. The molecule has 0 aliphatic heterocycles. The van der Waals surface area contributed by atoms with Crippen molar-refractivity contribution in [2.45, 2.75) is 45.1 Å². The van der Waals surface area contributed by atoms with Gasteiger partial charge in [0.1, 0.15) is 0 Å². The first-order valence-corrected chi connectivity index (χ1v) is 7.59. The summed E-state index contributed by atoms with van der Waals surface area (Å²) in [6.45, 7) is 2.56. The molecule has 21 heavy (non-hydrogen) atoms. The summed E-state index contributed by atoms with van der Waals surface area (Å²) in [6.07, 6.45) is 5.72. The summed E-state index contributed by atoms with van der Waals surface area (Å²) in [4.78, 5) is 26.1. The standard InChI is InChI=1S/C17H20N2O2/c1-2-12-10-19(17(21)18-16(12)20)11-14-8-5-7-13-6-3-4-9-15(13)14/h3-4,6,9-10,14H,2,5,7-8,11H2,1H3,(H,18,20,21). The Kier molecular flexibility index (Phi) is 3.78. The monoisotopic (exact) mass is 284 g/mol. The number of rotatable bonds is 3. The molecule has 0 saturated heterocycles. The maximum Gasteiger partial charge on any atom is 0.328 e.